The lowest BCUT2D eigenvalue weighted by Crippen LogP contribution is -2.35. The van der Waals surface area contributed by atoms with Crippen molar-refractivity contribution in [2.45, 2.75) is 12.8 Å². The van der Waals surface area contributed by atoms with Crippen LogP contribution < -0.4 is 4.90 Å². The van der Waals surface area contributed by atoms with Gasteiger partial charge in [-0.1, -0.05) is 0 Å². The SMILES string of the molecule is O=C(O)CN1CCCc2cc(F)cc(F)c21. The predicted molar refractivity (Wildman–Crippen MR) is 54.5 cm³/mol. The number of halogens is 2. The standard InChI is InChI=1S/C11H11F2NO2/c12-8-4-7-2-1-3-14(6-10(15)16)11(7)9(13)5-8/h4-5H,1-3,6H2,(H,15,16). The van der Waals surface area contributed by atoms with Crippen LogP contribution >= 0.6 is 0 Å². The fourth-order valence-corrected chi connectivity index (χ4v) is 2.06. The van der Waals surface area contributed by atoms with Gasteiger partial charge in [-0.2, -0.15) is 0 Å². The molecule has 0 radical (unpaired) electrons. The summed E-state index contributed by atoms with van der Waals surface area (Å²) >= 11 is 0. The summed E-state index contributed by atoms with van der Waals surface area (Å²) in [4.78, 5) is 12.1. The van der Waals surface area contributed by atoms with Crippen LogP contribution in [0, 0.1) is 11.6 Å². The lowest BCUT2D eigenvalue weighted by molar-refractivity contribution is -0.135. The van der Waals surface area contributed by atoms with Crippen molar-refractivity contribution in [3.8, 4) is 0 Å². The zero-order valence-corrected chi connectivity index (χ0v) is 8.54. The average Bonchev–Trinajstić information content (AvgIpc) is 2.15. The van der Waals surface area contributed by atoms with Gasteiger partial charge in [0.1, 0.15) is 18.2 Å². The lowest BCUT2D eigenvalue weighted by atomic mass is 10.0. The minimum absolute atomic E-state index is 0.232. The van der Waals surface area contributed by atoms with E-state index in [-0.39, 0.29) is 12.2 Å². The van der Waals surface area contributed by atoms with Crippen LogP contribution in [0.25, 0.3) is 0 Å². The summed E-state index contributed by atoms with van der Waals surface area (Å²) in [6.45, 7) is 0.234. The smallest absolute Gasteiger partial charge is 0.323 e. The number of hydrogen-bond acceptors (Lipinski definition) is 2. The quantitative estimate of drug-likeness (QED) is 0.837. The minimum Gasteiger partial charge on any atom is -0.480 e. The Balaban J connectivity index is 2.41. The van der Waals surface area contributed by atoms with Gasteiger partial charge in [-0.15, -0.1) is 0 Å². The number of benzene rings is 1. The van der Waals surface area contributed by atoms with E-state index in [9.17, 15) is 13.6 Å². The molecule has 1 aliphatic rings. The number of aliphatic carboxylic acids is 1. The Labute approximate surface area is 91.3 Å². The number of anilines is 1. The summed E-state index contributed by atoms with van der Waals surface area (Å²) in [6, 6.07) is 2.06. The van der Waals surface area contributed by atoms with E-state index in [1.165, 1.54) is 11.0 Å². The fraction of sp³-hybridized carbons (Fsp3) is 0.364. The molecule has 16 heavy (non-hydrogen) atoms. The highest BCUT2D eigenvalue weighted by Crippen LogP contribution is 2.30. The summed E-state index contributed by atoms with van der Waals surface area (Å²) < 4.78 is 26.5. The van der Waals surface area contributed by atoms with Gasteiger partial charge in [0.25, 0.3) is 0 Å². The van der Waals surface area contributed by atoms with E-state index in [4.69, 9.17) is 5.11 Å². The van der Waals surface area contributed by atoms with Gasteiger partial charge in [0.15, 0.2) is 0 Å². The summed E-state index contributed by atoms with van der Waals surface area (Å²) in [5.41, 5.74) is 0.778. The Bertz CT molecular complexity index is 434. The van der Waals surface area contributed by atoms with Gasteiger partial charge in [-0.3, -0.25) is 4.79 Å². The lowest BCUT2D eigenvalue weighted by Gasteiger charge is -2.30. The van der Waals surface area contributed by atoms with Crippen molar-refractivity contribution in [1.82, 2.24) is 0 Å². The Morgan fingerprint density at radius 2 is 2.19 bits per heavy atom. The van der Waals surface area contributed by atoms with Crippen LogP contribution in [0.2, 0.25) is 0 Å². The molecule has 0 spiro atoms. The summed E-state index contributed by atoms with van der Waals surface area (Å²) in [6.07, 6.45) is 1.29. The zero-order valence-electron chi connectivity index (χ0n) is 8.54. The molecule has 3 nitrogen and oxygen atoms in total. The number of fused-ring (bicyclic) bond motifs is 1. The van der Waals surface area contributed by atoms with E-state index in [2.05, 4.69) is 0 Å². The van der Waals surface area contributed by atoms with Gasteiger partial charge in [0.2, 0.25) is 0 Å². The molecule has 2 rings (SSSR count). The van der Waals surface area contributed by atoms with Crippen LogP contribution in [-0.2, 0) is 11.2 Å². The molecule has 0 aromatic heterocycles. The molecule has 0 fully saturated rings. The molecule has 1 heterocycles. The molecule has 0 amide bonds. The number of rotatable bonds is 2. The highest BCUT2D eigenvalue weighted by atomic mass is 19.1. The molecule has 0 saturated carbocycles. The third-order valence-electron chi connectivity index (χ3n) is 2.62. The molecule has 0 atom stereocenters. The Hall–Kier alpha value is -1.65. The average molecular weight is 227 g/mol. The van der Waals surface area contributed by atoms with Gasteiger partial charge in [0.05, 0.1) is 5.69 Å². The molecule has 5 heteroatoms. The Kier molecular flexibility index (Phi) is 2.77. The number of nitrogens with zero attached hydrogens (tertiary/aromatic N) is 1. The number of carboxylic acid groups (broad SMARTS) is 1. The van der Waals surface area contributed by atoms with Gasteiger partial charge in [-0.05, 0) is 24.5 Å². The first-order chi connectivity index (χ1) is 7.58. The Morgan fingerprint density at radius 1 is 1.44 bits per heavy atom. The Morgan fingerprint density at radius 3 is 2.88 bits per heavy atom. The van der Waals surface area contributed by atoms with Crippen LogP contribution in [0.15, 0.2) is 12.1 Å². The van der Waals surface area contributed by atoms with E-state index in [0.717, 1.165) is 6.07 Å². The van der Waals surface area contributed by atoms with Crippen LogP contribution in [0.1, 0.15) is 12.0 Å². The molecule has 0 unspecified atom stereocenters. The van der Waals surface area contributed by atoms with Crippen molar-refractivity contribution in [2.75, 3.05) is 18.0 Å². The van der Waals surface area contributed by atoms with Gasteiger partial charge in [-0.25, -0.2) is 8.78 Å². The minimum atomic E-state index is -1.02. The second-order valence-corrected chi connectivity index (χ2v) is 3.81. The molecular weight excluding hydrogens is 216 g/mol. The van der Waals surface area contributed by atoms with Gasteiger partial charge in [0, 0.05) is 12.6 Å². The predicted octanol–water partition coefficient (Wildman–Crippen LogP) is 1.80. The third-order valence-corrected chi connectivity index (χ3v) is 2.62. The van der Waals surface area contributed by atoms with Crippen LogP contribution in [0.5, 0.6) is 0 Å². The van der Waals surface area contributed by atoms with Crippen molar-refractivity contribution in [3.05, 3.63) is 29.3 Å². The summed E-state index contributed by atoms with van der Waals surface area (Å²) in [5, 5.41) is 8.70. The maximum atomic E-state index is 13.6. The van der Waals surface area contributed by atoms with E-state index in [1.807, 2.05) is 0 Å². The molecule has 1 N–H and O–H groups in total. The molecule has 0 aliphatic carbocycles. The number of hydrogen-bond donors (Lipinski definition) is 1. The maximum Gasteiger partial charge on any atom is 0.323 e. The molecule has 1 aliphatic heterocycles. The first-order valence-corrected chi connectivity index (χ1v) is 5.02. The van der Waals surface area contributed by atoms with Crippen molar-refractivity contribution in [3.63, 3.8) is 0 Å². The second kappa shape index (κ2) is 4.08. The first-order valence-electron chi connectivity index (χ1n) is 5.02. The molecule has 0 saturated heterocycles. The summed E-state index contributed by atoms with van der Waals surface area (Å²) in [7, 11) is 0. The molecule has 0 bridgehead atoms. The molecule has 1 aromatic carbocycles. The van der Waals surface area contributed by atoms with E-state index >= 15 is 0 Å². The fourth-order valence-electron chi connectivity index (χ4n) is 2.06. The topological polar surface area (TPSA) is 40.5 Å². The number of carbonyl (C=O) groups is 1. The second-order valence-electron chi connectivity index (χ2n) is 3.81. The van der Waals surface area contributed by atoms with Crippen molar-refractivity contribution < 1.29 is 18.7 Å². The zero-order chi connectivity index (χ0) is 11.7. The largest absolute Gasteiger partial charge is 0.480 e. The van der Waals surface area contributed by atoms with Crippen molar-refractivity contribution in [2.24, 2.45) is 0 Å². The number of aryl methyl sites for hydroxylation is 1. The van der Waals surface area contributed by atoms with E-state index < -0.39 is 17.6 Å². The van der Waals surface area contributed by atoms with Gasteiger partial charge >= 0.3 is 5.97 Å². The van der Waals surface area contributed by atoms with Crippen molar-refractivity contribution in [1.29, 1.82) is 0 Å². The normalized spacial score (nSPS) is 14.8. The number of carboxylic acids is 1. The molecular formula is C11H11F2NO2. The highest BCUT2D eigenvalue weighted by Gasteiger charge is 2.23. The van der Waals surface area contributed by atoms with Gasteiger partial charge < -0.3 is 10.0 Å². The maximum absolute atomic E-state index is 13.6. The summed E-state index contributed by atoms with van der Waals surface area (Å²) in [5.74, 6) is -2.32. The molecule has 1 aromatic rings. The monoisotopic (exact) mass is 227 g/mol. The third kappa shape index (κ3) is 1.98. The van der Waals surface area contributed by atoms with E-state index in [0.29, 0.717) is 24.9 Å². The molecule has 86 valence electrons. The van der Waals surface area contributed by atoms with E-state index in [1.54, 1.807) is 0 Å². The van der Waals surface area contributed by atoms with Crippen LogP contribution in [-0.4, -0.2) is 24.2 Å². The van der Waals surface area contributed by atoms with Crippen LogP contribution in [0.4, 0.5) is 14.5 Å². The first kappa shape index (κ1) is 10.9. The van der Waals surface area contributed by atoms with Crippen molar-refractivity contribution >= 4 is 11.7 Å². The van der Waals surface area contributed by atoms with Crippen LogP contribution in [0.3, 0.4) is 0 Å². The highest BCUT2D eigenvalue weighted by molar-refractivity contribution is 5.75.